The van der Waals surface area contributed by atoms with Gasteiger partial charge < -0.3 is 14.6 Å². The molecule has 0 amide bonds. The van der Waals surface area contributed by atoms with Crippen molar-refractivity contribution in [3.8, 4) is 0 Å². The Morgan fingerprint density at radius 1 is 1.40 bits per heavy atom. The molecule has 1 aliphatic carbocycles. The molecule has 2 unspecified atom stereocenters. The zero-order valence-corrected chi connectivity index (χ0v) is 13.1. The fraction of sp³-hybridized carbons (Fsp3) is 0.812. The first kappa shape index (κ1) is 15.5. The van der Waals surface area contributed by atoms with E-state index in [1.54, 1.807) is 0 Å². The minimum absolute atomic E-state index is 0.298. The van der Waals surface area contributed by atoms with Gasteiger partial charge in [0.15, 0.2) is 0 Å². The fourth-order valence-electron chi connectivity index (χ4n) is 3.50. The smallest absolute Gasteiger partial charge is 0.110 e. The van der Waals surface area contributed by atoms with E-state index >= 15 is 0 Å². The van der Waals surface area contributed by atoms with Crippen LogP contribution in [0.15, 0.2) is 12.4 Å². The maximum atomic E-state index is 5.89. The maximum absolute atomic E-state index is 5.89. The zero-order chi connectivity index (χ0) is 14.4. The van der Waals surface area contributed by atoms with E-state index in [1.807, 2.05) is 19.5 Å². The molecule has 0 radical (unpaired) electrons. The summed E-state index contributed by atoms with van der Waals surface area (Å²) < 4.78 is 8.00. The Hall–Kier alpha value is -0.870. The van der Waals surface area contributed by atoms with Crippen molar-refractivity contribution in [2.45, 2.75) is 57.6 Å². The van der Waals surface area contributed by atoms with Gasteiger partial charge in [-0.2, -0.15) is 0 Å². The van der Waals surface area contributed by atoms with Gasteiger partial charge in [0.25, 0.3) is 0 Å². The molecule has 1 fully saturated rings. The van der Waals surface area contributed by atoms with Crippen LogP contribution >= 0.6 is 0 Å². The Bertz CT molecular complexity index is 385. The minimum Gasteiger partial charge on any atom is -0.380 e. The Morgan fingerprint density at radius 3 is 2.70 bits per heavy atom. The lowest BCUT2D eigenvalue weighted by molar-refractivity contribution is 0.00809. The van der Waals surface area contributed by atoms with E-state index in [-0.39, 0.29) is 0 Å². The van der Waals surface area contributed by atoms with Crippen molar-refractivity contribution in [2.24, 2.45) is 13.0 Å². The summed E-state index contributed by atoms with van der Waals surface area (Å²) in [5.41, 5.74) is 0. The molecule has 1 aromatic rings. The molecule has 0 aromatic carbocycles. The van der Waals surface area contributed by atoms with Crippen LogP contribution < -0.4 is 5.32 Å². The third-order valence-electron chi connectivity index (χ3n) is 4.57. The molecule has 0 spiro atoms. The monoisotopic (exact) mass is 279 g/mol. The van der Waals surface area contributed by atoms with E-state index in [9.17, 15) is 0 Å². The second kappa shape index (κ2) is 7.79. The molecule has 1 heterocycles. The molecule has 0 aliphatic heterocycles. The Labute approximate surface area is 122 Å². The Kier molecular flexibility index (Phi) is 6.05. The maximum Gasteiger partial charge on any atom is 0.110 e. The molecule has 1 aromatic heterocycles. The summed E-state index contributed by atoms with van der Waals surface area (Å²) >= 11 is 0. The number of ether oxygens (including phenoxy) is 1. The van der Waals surface area contributed by atoms with Crippen LogP contribution in [0.5, 0.6) is 0 Å². The highest BCUT2D eigenvalue weighted by Gasteiger charge is 2.30. The number of hydrogen-bond donors (Lipinski definition) is 1. The molecule has 114 valence electrons. The lowest BCUT2D eigenvalue weighted by Crippen LogP contribution is -2.47. The first-order valence-corrected chi connectivity index (χ1v) is 7.98. The molecular formula is C16H29N3O. The third-order valence-corrected chi connectivity index (χ3v) is 4.57. The highest BCUT2D eigenvalue weighted by atomic mass is 16.5. The lowest BCUT2D eigenvalue weighted by Gasteiger charge is -2.35. The third kappa shape index (κ3) is 3.83. The lowest BCUT2D eigenvalue weighted by atomic mass is 9.81. The summed E-state index contributed by atoms with van der Waals surface area (Å²) in [5.74, 6) is 1.83. The number of aryl methyl sites for hydroxylation is 1. The predicted octanol–water partition coefficient (Wildman–Crippen LogP) is 2.54. The van der Waals surface area contributed by atoms with Crippen molar-refractivity contribution in [3.63, 3.8) is 0 Å². The summed E-state index contributed by atoms with van der Waals surface area (Å²) in [5, 5.41) is 3.62. The van der Waals surface area contributed by atoms with E-state index in [4.69, 9.17) is 4.74 Å². The van der Waals surface area contributed by atoms with Gasteiger partial charge in [0.1, 0.15) is 5.82 Å². The van der Waals surface area contributed by atoms with Crippen LogP contribution in [0.2, 0.25) is 0 Å². The van der Waals surface area contributed by atoms with Crippen molar-refractivity contribution in [3.05, 3.63) is 18.2 Å². The molecule has 4 heteroatoms. The standard InChI is InChI=1S/C16H29N3O/c1-4-17-14(12-15-18-10-11-19(15)2)16(20-3)13-8-6-5-7-9-13/h10-11,13-14,16-17H,4-9,12H2,1-3H3. The highest BCUT2D eigenvalue weighted by molar-refractivity contribution is 4.98. The van der Waals surface area contributed by atoms with Crippen LogP contribution in [0.3, 0.4) is 0 Å². The van der Waals surface area contributed by atoms with Gasteiger partial charge in [-0.05, 0) is 25.3 Å². The molecule has 2 atom stereocenters. The van der Waals surface area contributed by atoms with Crippen LogP contribution in [-0.2, 0) is 18.2 Å². The van der Waals surface area contributed by atoms with Gasteiger partial charge in [0.05, 0.1) is 6.10 Å². The van der Waals surface area contributed by atoms with Crippen molar-refractivity contribution >= 4 is 0 Å². The number of likely N-dealkylation sites (N-methyl/N-ethyl adjacent to an activating group) is 1. The van der Waals surface area contributed by atoms with E-state index in [1.165, 1.54) is 32.1 Å². The molecule has 2 rings (SSSR count). The van der Waals surface area contributed by atoms with E-state index in [0.29, 0.717) is 18.1 Å². The number of imidazole rings is 1. The van der Waals surface area contributed by atoms with Gasteiger partial charge in [-0.1, -0.05) is 26.2 Å². The molecule has 0 saturated heterocycles. The second-order valence-corrected chi connectivity index (χ2v) is 5.92. The number of methoxy groups -OCH3 is 1. The molecule has 1 N–H and O–H groups in total. The summed E-state index contributed by atoms with van der Waals surface area (Å²) in [7, 11) is 3.93. The van der Waals surface area contributed by atoms with Crippen molar-refractivity contribution < 1.29 is 4.74 Å². The summed E-state index contributed by atoms with van der Waals surface area (Å²) in [6.45, 7) is 3.14. The van der Waals surface area contributed by atoms with Crippen LogP contribution in [0.1, 0.15) is 44.9 Å². The van der Waals surface area contributed by atoms with Crippen LogP contribution in [0.4, 0.5) is 0 Å². The zero-order valence-electron chi connectivity index (χ0n) is 13.1. The van der Waals surface area contributed by atoms with Gasteiger partial charge in [-0.3, -0.25) is 0 Å². The molecule has 20 heavy (non-hydrogen) atoms. The number of rotatable bonds is 7. The van der Waals surface area contributed by atoms with E-state index in [0.717, 1.165) is 18.8 Å². The Balaban J connectivity index is 2.06. The first-order valence-electron chi connectivity index (χ1n) is 7.98. The molecule has 0 bridgehead atoms. The van der Waals surface area contributed by atoms with Crippen LogP contribution in [0.25, 0.3) is 0 Å². The Morgan fingerprint density at radius 2 is 2.15 bits per heavy atom. The summed E-state index contributed by atoms with van der Waals surface area (Å²) in [6.07, 6.45) is 11.8. The first-order chi connectivity index (χ1) is 9.76. The quantitative estimate of drug-likeness (QED) is 0.833. The number of hydrogen-bond acceptors (Lipinski definition) is 3. The average Bonchev–Trinajstić information content (AvgIpc) is 2.86. The summed E-state index contributed by atoms with van der Waals surface area (Å²) in [4.78, 5) is 4.47. The van der Waals surface area contributed by atoms with Gasteiger partial charge in [-0.15, -0.1) is 0 Å². The van der Waals surface area contributed by atoms with Crippen LogP contribution in [-0.4, -0.2) is 35.4 Å². The minimum atomic E-state index is 0.298. The molecule has 1 aliphatic rings. The van der Waals surface area contributed by atoms with Gasteiger partial charge in [0.2, 0.25) is 0 Å². The number of nitrogens with one attached hydrogen (secondary N) is 1. The van der Waals surface area contributed by atoms with Crippen molar-refractivity contribution in [1.82, 2.24) is 14.9 Å². The van der Waals surface area contributed by atoms with E-state index < -0.39 is 0 Å². The fourth-order valence-corrected chi connectivity index (χ4v) is 3.50. The largest absolute Gasteiger partial charge is 0.380 e. The van der Waals surface area contributed by atoms with Gasteiger partial charge in [0, 0.05) is 39.0 Å². The average molecular weight is 279 g/mol. The van der Waals surface area contributed by atoms with Gasteiger partial charge in [-0.25, -0.2) is 4.98 Å². The van der Waals surface area contributed by atoms with Gasteiger partial charge >= 0.3 is 0 Å². The van der Waals surface area contributed by atoms with E-state index in [2.05, 4.69) is 28.8 Å². The van der Waals surface area contributed by atoms with Crippen molar-refractivity contribution in [2.75, 3.05) is 13.7 Å². The number of nitrogens with zero attached hydrogens (tertiary/aromatic N) is 2. The normalized spacial score (nSPS) is 19.9. The topological polar surface area (TPSA) is 39.1 Å². The number of aromatic nitrogens is 2. The summed E-state index contributed by atoms with van der Waals surface area (Å²) in [6, 6.07) is 0.356. The van der Waals surface area contributed by atoms with Crippen molar-refractivity contribution in [1.29, 1.82) is 0 Å². The predicted molar refractivity (Wildman–Crippen MR) is 81.7 cm³/mol. The second-order valence-electron chi connectivity index (χ2n) is 5.92. The van der Waals surface area contributed by atoms with Crippen LogP contribution in [0, 0.1) is 5.92 Å². The molecule has 1 saturated carbocycles. The molecular weight excluding hydrogens is 250 g/mol. The SMILES string of the molecule is CCNC(Cc1nccn1C)C(OC)C1CCCCC1. The highest BCUT2D eigenvalue weighted by Crippen LogP contribution is 2.30. The molecule has 4 nitrogen and oxygen atoms in total.